The zero-order valence-electron chi connectivity index (χ0n) is 11.9. The van der Waals surface area contributed by atoms with Crippen LogP contribution in [0.4, 0.5) is 0 Å². The SMILES string of the molecule is O=C(O)CC(c1cnn(-c2ccccc2)c1)N1CCCC1. The molecule has 1 aliphatic rings. The second kappa shape index (κ2) is 6.10. The number of carbonyl (C=O) groups is 1. The van der Waals surface area contributed by atoms with Crippen molar-refractivity contribution < 1.29 is 9.90 Å². The second-order valence-corrected chi connectivity index (χ2v) is 5.41. The zero-order valence-corrected chi connectivity index (χ0v) is 11.9. The quantitative estimate of drug-likeness (QED) is 0.917. The van der Waals surface area contributed by atoms with Gasteiger partial charge >= 0.3 is 5.97 Å². The number of benzene rings is 1. The third kappa shape index (κ3) is 3.13. The first-order valence-electron chi connectivity index (χ1n) is 7.30. The Hall–Kier alpha value is -2.14. The van der Waals surface area contributed by atoms with E-state index in [1.165, 1.54) is 0 Å². The normalized spacial score (nSPS) is 17.0. The molecule has 1 aromatic heterocycles. The highest BCUT2D eigenvalue weighted by atomic mass is 16.4. The van der Waals surface area contributed by atoms with Crippen molar-refractivity contribution in [3.8, 4) is 5.69 Å². The molecule has 1 saturated heterocycles. The number of aromatic nitrogens is 2. The summed E-state index contributed by atoms with van der Waals surface area (Å²) in [4.78, 5) is 13.4. The Bertz CT molecular complexity index is 603. The van der Waals surface area contributed by atoms with Crippen LogP contribution in [0.5, 0.6) is 0 Å². The molecular formula is C16H19N3O2. The van der Waals surface area contributed by atoms with Crippen LogP contribution in [0.3, 0.4) is 0 Å². The fraction of sp³-hybridized carbons (Fsp3) is 0.375. The maximum atomic E-state index is 11.2. The van der Waals surface area contributed by atoms with Gasteiger partial charge in [-0.25, -0.2) is 4.68 Å². The Balaban J connectivity index is 1.86. The smallest absolute Gasteiger partial charge is 0.305 e. The van der Waals surface area contributed by atoms with Crippen LogP contribution in [-0.2, 0) is 4.79 Å². The molecule has 0 radical (unpaired) electrons. The molecule has 1 unspecified atom stereocenters. The van der Waals surface area contributed by atoms with Crippen LogP contribution in [0.1, 0.15) is 30.9 Å². The van der Waals surface area contributed by atoms with Gasteiger partial charge in [-0.05, 0) is 38.1 Å². The number of aliphatic carboxylic acids is 1. The molecule has 0 spiro atoms. The summed E-state index contributed by atoms with van der Waals surface area (Å²) in [5, 5.41) is 13.6. The molecule has 1 aliphatic heterocycles. The van der Waals surface area contributed by atoms with Crippen LogP contribution < -0.4 is 0 Å². The highest BCUT2D eigenvalue weighted by Crippen LogP contribution is 2.28. The van der Waals surface area contributed by atoms with Crippen LogP contribution in [0.2, 0.25) is 0 Å². The molecule has 2 aromatic rings. The summed E-state index contributed by atoms with van der Waals surface area (Å²) < 4.78 is 1.81. The topological polar surface area (TPSA) is 58.4 Å². The predicted molar refractivity (Wildman–Crippen MR) is 79.4 cm³/mol. The van der Waals surface area contributed by atoms with E-state index in [4.69, 9.17) is 0 Å². The van der Waals surface area contributed by atoms with Crippen LogP contribution in [0.15, 0.2) is 42.7 Å². The number of carboxylic acids is 1. The van der Waals surface area contributed by atoms with Crippen LogP contribution in [0.25, 0.3) is 5.69 Å². The van der Waals surface area contributed by atoms with Crippen molar-refractivity contribution >= 4 is 5.97 Å². The zero-order chi connectivity index (χ0) is 14.7. The molecule has 0 aliphatic carbocycles. The molecule has 0 amide bonds. The van der Waals surface area contributed by atoms with E-state index < -0.39 is 5.97 Å². The maximum absolute atomic E-state index is 11.2. The minimum Gasteiger partial charge on any atom is -0.481 e. The molecule has 110 valence electrons. The van der Waals surface area contributed by atoms with E-state index in [1.807, 2.05) is 36.5 Å². The van der Waals surface area contributed by atoms with E-state index in [-0.39, 0.29) is 12.5 Å². The lowest BCUT2D eigenvalue weighted by molar-refractivity contribution is -0.138. The summed E-state index contributed by atoms with van der Waals surface area (Å²) in [6, 6.07) is 9.78. The van der Waals surface area contributed by atoms with Crippen molar-refractivity contribution in [2.75, 3.05) is 13.1 Å². The average Bonchev–Trinajstić information content (AvgIpc) is 3.17. The summed E-state index contributed by atoms with van der Waals surface area (Å²) in [6.45, 7) is 1.93. The molecule has 0 saturated carbocycles. The number of nitrogens with zero attached hydrogens (tertiary/aromatic N) is 3. The number of hydrogen-bond donors (Lipinski definition) is 1. The van der Waals surface area contributed by atoms with E-state index in [2.05, 4.69) is 10.00 Å². The molecule has 5 nitrogen and oxygen atoms in total. The van der Waals surface area contributed by atoms with Gasteiger partial charge in [0, 0.05) is 17.8 Å². The number of likely N-dealkylation sites (tertiary alicyclic amines) is 1. The average molecular weight is 285 g/mol. The van der Waals surface area contributed by atoms with Gasteiger partial charge in [0.2, 0.25) is 0 Å². The van der Waals surface area contributed by atoms with Crippen molar-refractivity contribution in [3.05, 3.63) is 48.3 Å². The van der Waals surface area contributed by atoms with Gasteiger partial charge in [0.1, 0.15) is 0 Å². The fourth-order valence-electron chi connectivity index (χ4n) is 2.91. The Morgan fingerprint density at radius 3 is 2.62 bits per heavy atom. The summed E-state index contributed by atoms with van der Waals surface area (Å²) in [6.07, 6.45) is 6.15. The van der Waals surface area contributed by atoms with Gasteiger partial charge in [0.15, 0.2) is 0 Å². The lowest BCUT2D eigenvalue weighted by Crippen LogP contribution is -2.27. The summed E-state index contributed by atoms with van der Waals surface area (Å²) >= 11 is 0. The molecule has 2 heterocycles. The monoisotopic (exact) mass is 285 g/mol. The van der Waals surface area contributed by atoms with Gasteiger partial charge in [0.25, 0.3) is 0 Å². The van der Waals surface area contributed by atoms with Gasteiger partial charge < -0.3 is 5.11 Å². The largest absolute Gasteiger partial charge is 0.481 e. The van der Waals surface area contributed by atoms with E-state index >= 15 is 0 Å². The van der Waals surface area contributed by atoms with Crippen LogP contribution in [-0.4, -0.2) is 38.8 Å². The van der Waals surface area contributed by atoms with Crippen molar-refractivity contribution in [3.63, 3.8) is 0 Å². The van der Waals surface area contributed by atoms with Crippen molar-refractivity contribution in [2.24, 2.45) is 0 Å². The van der Waals surface area contributed by atoms with Crippen molar-refractivity contribution in [1.29, 1.82) is 0 Å². The molecule has 1 aromatic carbocycles. The van der Waals surface area contributed by atoms with E-state index in [0.29, 0.717) is 0 Å². The highest BCUT2D eigenvalue weighted by molar-refractivity contribution is 5.67. The first kappa shape index (κ1) is 13.8. The third-order valence-corrected chi connectivity index (χ3v) is 3.96. The number of para-hydroxylation sites is 1. The lowest BCUT2D eigenvalue weighted by Gasteiger charge is -2.25. The summed E-state index contributed by atoms with van der Waals surface area (Å²) in [7, 11) is 0. The Morgan fingerprint density at radius 2 is 1.95 bits per heavy atom. The molecular weight excluding hydrogens is 266 g/mol. The van der Waals surface area contributed by atoms with Gasteiger partial charge in [-0.2, -0.15) is 5.10 Å². The van der Waals surface area contributed by atoms with Crippen molar-refractivity contribution in [2.45, 2.75) is 25.3 Å². The van der Waals surface area contributed by atoms with Gasteiger partial charge in [-0.15, -0.1) is 0 Å². The molecule has 1 fully saturated rings. The molecule has 3 rings (SSSR count). The molecule has 1 atom stereocenters. The van der Waals surface area contributed by atoms with E-state index in [9.17, 15) is 9.90 Å². The lowest BCUT2D eigenvalue weighted by atomic mass is 10.1. The standard InChI is InChI=1S/C16H19N3O2/c20-16(21)10-15(18-8-4-5-9-18)13-11-17-19(12-13)14-6-2-1-3-7-14/h1-3,6-7,11-12,15H,4-5,8-10H2,(H,20,21). The minimum atomic E-state index is -0.764. The number of carboxylic acid groups (broad SMARTS) is 1. The van der Waals surface area contributed by atoms with Gasteiger partial charge in [0.05, 0.1) is 18.3 Å². The number of hydrogen-bond acceptors (Lipinski definition) is 3. The van der Waals surface area contributed by atoms with Crippen LogP contribution in [0, 0.1) is 0 Å². The third-order valence-electron chi connectivity index (χ3n) is 3.96. The minimum absolute atomic E-state index is 0.0811. The fourth-order valence-corrected chi connectivity index (χ4v) is 2.91. The maximum Gasteiger partial charge on any atom is 0.305 e. The van der Waals surface area contributed by atoms with Crippen LogP contribution >= 0.6 is 0 Å². The first-order valence-corrected chi connectivity index (χ1v) is 7.30. The molecule has 5 heteroatoms. The Kier molecular flexibility index (Phi) is 4.01. The summed E-state index contributed by atoms with van der Waals surface area (Å²) in [5.74, 6) is -0.764. The number of rotatable bonds is 5. The molecule has 0 bridgehead atoms. The summed E-state index contributed by atoms with van der Waals surface area (Å²) in [5.41, 5.74) is 1.96. The van der Waals surface area contributed by atoms with E-state index in [0.717, 1.165) is 37.2 Å². The van der Waals surface area contributed by atoms with Crippen molar-refractivity contribution in [1.82, 2.24) is 14.7 Å². The predicted octanol–water partition coefficient (Wildman–Crippen LogP) is 2.48. The van der Waals surface area contributed by atoms with Gasteiger partial charge in [-0.1, -0.05) is 18.2 Å². The Morgan fingerprint density at radius 1 is 1.24 bits per heavy atom. The first-order chi connectivity index (χ1) is 10.2. The second-order valence-electron chi connectivity index (χ2n) is 5.41. The Labute approximate surface area is 123 Å². The molecule has 21 heavy (non-hydrogen) atoms. The molecule has 1 N–H and O–H groups in total. The van der Waals surface area contributed by atoms with Gasteiger partial charge in [-0.3, -0.25) is 9.69 Å². The van der Waals surface area contributed by atoms with E-state index in [1.54, 1.807) is 10.9 Å². The highest BCUT2D eigenvalue weighted by Gasteiger charge is 2.26.